The van der Waals surface area contributed by atoms with Crippen LogP contribution in [0.25, 0.3) is 0 Å². The topological polar surface area (TPSA) is 47.6 Å². The molecule has 0 fully saturated rings. The highest BCUT2D eigenvalue weighted by atomic mass is 16.5. The van der Waals surface area contributed by atoms with E-state index in [1.165, 1.54) is 0 Å². The summed E-state index contributed by atoms with van der Waals surface area (Å²) in [4.78, 5) is 12.1. The Hall–Kier alpha value is -1.39. The van der Waals surface area contributed by atoms with Crippen molar-refractivity contribution >= 4 is 5.78 Å². The van der Waals surface area contributed by atoms with Crippen molar-refractivity contribution in [2.75, 3.05) is 33.9 Å². The van der Waals surface area contributed by atoms with Gasteiger partial charge in [0.1, 0.15) is 5.75 Å². The minimum absolute atomic E-state index is 0.0421. The Morgan fingerprint density at radius 2 is 2.00 bits per heavy atom. The van der Waals surface area contributed by atoms with Crippen LogP contribution in [0.1, 0.15) is 21.5 Å². The van der Waals surface area contributed by atoms with E-state index in [0.717, 1.165) is 11.1 Å². The lowest BCUT2D eigenvalue weighted by Crippen LogP contribution is -2.27. The second-order valence-corrected chi connectivity index (χ2v) is 4.25. The van der Waals surface area contributed by atoms with Gasteiger partial charge in [0.15, 0.2) is 5.78 Å². The van der Waals surface area contributed by atoms with E-state index in [2.05, 4.69) is 5.32 Å². The normalized spacial score (nSPS) is 10.4. The van der Waals surface area contributed by atoms with Gasteiger partial charge in [0.25, 0.3) is 0 Å². The van der Waals surface area contributed by atoms with Crippen molar-refractivity contribution in [2.45, 2.75) is 13.8 Å². The van der Waals surface area contributed by atoms with E-state index in [0.29, 0.717) is 31.0 Å². The number of hydrogen-bond acceptors (Lipinski definition) is 4. The van der Waals surface area contributed by atoms with Crippen LogP contribution >= 0.6 is 0 Å². The quantitative estimate of drug-likeness (QED) is 0.592. The van der Waals surface area contributed by atoms with E-state index in [9.17, 15) is 4.79 Å². The number of ketones is 1. The highest BCUT2D eigenvalue weighted by molar-refractivity contribution is 6.01. The van der Waals surface area contributed by atoms with Crippen molar-refractivity contribution in [1.29, 1.82) is 0 Å². The van der Waals surface area contributed by atoms with Gasteiger partial charge < -0.3 is 14.8 Å². The Kier molecular flexibility index (Phi) is 5.82. The summed E-state index contributed by atoms with van der Waals surface area (Å²) in [6.07, 6.45) is 0. The van der Waals surface area contributed by atoms with Crippen molar-refractivity contribution in [3.05, 3.63) is 28.8 Å². The molecule has 1 N–H and O–H groups in total. The Morgan fingerprint density at radius 1 is 1.28 bits per heavy atom. The highest BCUT2D eigenvalue weighted by Crippen LogP contribution is 2.24. The first-order chi connectivity index (χ1) is 8.60. The monoisotopic (exact) mass is 251 g/mol. The van der Waals surface area contributed by atoms with Crippen LogP contribution in [0.3, 0.4) is 0 Å². The Bertz CT molecular complexity index is 416. The van der Waals surface area contributed by atoms with Gasteiger partial charge in [0.05, 0.1) is 25.8 Å². The van der Waals surface area contributed by atoms with Crippen LogP contribution in [-0.4, -0.2) is 39.7 Å². The molecule has 0 aromatic heterocycles. The second-order valence-electron chi connectivity index (χ2n) is 4.25. The van der Waals surface area contributed by atoms with Crippen molar-refractivity contribution in [3.8, 4) is 5.75 Å². The summed E-state index contributed by atoms with van der Waals surface area (Å²) < 4.78 is 10.2. The minimum atomic E-state index is 0.0421. The van der Waals surface area contributed by atoms with Gasteiger partial charge in [-0.3, -0.25) is 4.79 Å². The van der Waals surface area contributed by atoms with Gasteiger partial charge in [-0.15, -0.1) is 0 Å². The molecule has 0 aliphatic carbocycles. The van der Waals surface area contributed by atoms with Crippen molar-refractivity contribution < 1.29 is 14.3 Å². The second kappa shape index (κ2) is 7.13. The van der Waals surface area contributed by atoms with Crippen LogP contribution in [-0.2, 0) is 4.74 Å². The maximum atomic E-state index is 12.1. The molecule has 0 bridgehead atoms. The standard InChI is InChI=1S/C14H21NO3/c1-10-7-11(2)14(13(8-10)18-4)12(16)9-15-5-6-17-3/h7-8,15H,5-6,9H2,1-4H3. The minimum Gasteiger partial charge on any atom is -0.496 e. The van der Waals surface area contributed by atoms with Crippen LogP contribution < -0.4 is 10.1 Å². The molecule has 4 nitrogen and oxygen atoms in total. The third kappa shape index (κ3) is 3.82. The van der Waals surface area contributed by atoms with E-state index in [1.807, 2.05) is 26.0 Å². The van der Waals surface area contributed by atoms with E-state index in [-0.39, 0.29) is 5.78 Å². The van der Waals surface area contributed by atoms with Crippen molar-refractivity contribution in [1.82, 2.24) is 5.32 Å². The highest BCUT2D eigenvalue weighted by Gasteiger charge is 2.15. The molecule has 0 atom stereocenters. The fraction of sp³-hybridized carbons (Fsp3) is 0.500. The average Bonchev–Trinajstić information content (AvgIpc) is 2.33. The number of carbonyl (C=O) groups excluding carboxylic acids is 1. The first kappa shape index (κ1) is 14.7. The third-order valence-corrected chi connectivity index (χ3v) is 2.71. The van der Waals surface area contributed by atoms with E-state index in [1.54, 1.807) is 14.2 Å². The van der Waals surface area contributed by atoms with Gasteiger partial charge in [-0.2, -0.15) is 0 Å². The smallest absolute Gasteiger partial charge is 0.180 e. The van der Waals surface area contributed by atoms with Gasteiger partial charge >= 0.3 is 0 Å². The number of benzene rings is 1. The first-order valence-corrected chi connectivity index (χ1v) is 5.98. The molecular weight excluding hydrogens is 230 g/mol. The number of rotatable bonds is 7. The van der Waals surface area contributed by atoms with Crippen LogP contribution in [0.5, 0.6) is 5.75 Å². The summed E-state index contributed by atoms with van der Waals surface area (Å²) in [6, 6.07) is 3.88. The van der Waals surface area contributed by atoms with E-state index >= 15 is 0 Å². The lowest BCUT2D eigenvalue weighted by atomic mass is 10.0. The fourth-order valence-electron chi connectivity index (χ4n) is 1.91. The molecule has 0 heterocycles. The molecule has 0 radical (unpaired) electrons. The van der Waals surface area contributed by atoms with Gasteiger partial charge in [0.2, 0.25) is 0 Å². The lowest BCUT2D eigenvalue weighted by molar-refractivity contribution is 0.0984. The Labute approximate surface area is 108 Å². The number of ether oxygens (including phenoxy) is 2. The molecule has 0 spiro atoms. The zero-order valence-corrected chi connectivity index (χ0v) is 11.5. The number of Topliss-reactive ketones (excluding diaryl/α,β-unsaturated/α-hetero) is 1. The predicted octanol–water partition coefficient (Wildman–Crippen LogP) is 1.73. The first-order valence-electron chi connectivity index (χ1n) is 5.98. The van der Waals surface area contributed by atoms with Gasteiger partial charge in [-0.25, -0.2) is 0 Å². The molecule has 0 aliphatic rings. The maximum Gasteiger partial charge on any atom is 0.180 e. The molecule has 0 unspecified atom stereocenters. The summed E-state index contributed by atoms with van der Waals surface area (Å²) in [5, 5.41) is 3.05. The van der Waals surface area contributed by atoms with Gasteiger partial charge in [0, 0.05) is 13.7 Å². The molecule has 0 amide bonds. The summed E-state index contributed by atoms with van der Waals surface area (Å²) >= 11 is 0. The van der Waals surface area contributed by atoms with Crippen LogP contribution in [0.2, 0.25) is 0 Å². The molecule has 1 aromatic rings. The van der Waals surface area contributed by atoms with Gasteiger partial charge in [-0.1, -0.05) is 6.07 Å². The molecular formula is C14H21NO3. The van der Waals surface area contributed by atoms with Crippen LogP contribution in [0.15, 0.2) is 12.1 Å². The third-order valence-electron chi connectivity index (χ3n) is 2.71. The maximum absolute atomic E-state index is 12.1. The Morgan fingerprint density at radius 3 is 2.61 bits per heavy atom. The summed E-state index contributed by atoms with van der Waals surface area (Å²) in [5.41, 5.74) is 2.70. The molecule has 0 saturated heterocycles. The average molecular weight is 251 g/mol. The SMILES string of the molecule is COCCNCC(=O)c1c(C)cc(C)cc1OC. The van der Waals surface area contributed by atoms with E-state index in [4.69, 9.17) is 9.47 Å². The lowest BCUT2D eigenvalue weighted by Gasteiger charge is -2.12. The molecule has 18 heavy (non-hydrogen) atoms. The fourth-order valence-corrected chi connectivity index (χ4v) is 1.91. The number of nitrogens with one attached hydrogen (secondary N) is 1. The number of aryl methyl sites for hydroxylation is 2. The summed E-state index contributed by atoms with van der Waals surface area (Å²) in [5.74, 6) is 0.687. The molecule has 1 rings (SSSR count). The molecule has 0 saturated carbocycles. The van der Waals surface area contributed by atoms with E-state index < -0.39 is 0 Å². The number of hydrogen-bond donors (Lipinski definition) is 1. The number of methoxy groups -OCH3 is 2. The molecule has 0 aliphatic heterocycles. The predicted molar refractivity (Wildman–Crippen MR) is 71.5 cm³/mol. The summed E-state index contributed by atoms with van der Waals surface area (Å²) in [7, 11) is 3.22. The van der Waals surface area contributed by atoms with Crippen molar-refractivity contribution in [2.24, 2.45) is 0 Å². The van der Waals surface area contributed by atoms with Crippen LogP contribution in [0.4, 0.5) is 0 Å². The van der Waals surface area contributed by atoms with Crippen LogP contribution in [0, 0.1) is 13.8 Å². The molecule has 1 aromatic carbocycles. The zero-order chi connectivity index (χ0) is 13.5. The largest absolute Gasteiger partial charge is 0.496 e. The molecule has 100 valence electrons. The summed E-state index contributed by atoms with van der Waals surface area (Å²) in [6.45, 7) is 5.47. The molecule has 4 heteroatoms. The van der Waals surface area contributed by atoms with Crippen molar-refractivity contribution in [3.63, 3.8) is 0 Å². The number of carbonyl (C=O) groups is 1. The van der Waals surface area contributed by atoms with Gasteiger partial charge in [-0.05, 0) is 31.0 Å². The Balaban J connectivity index is 2.78. The zero-order valence-electron chi connectivity index (χ0n) is 11.5.